The van der Waals surface area contributed by atoms with E-state index in [9.17, 15) is 18.0 Å². The minimum atomic E-state index is -4.17. The van der Waals surface area contributed by atoms with E-state index in [0.29, 0.717) is 12.4 Å². The van der Waals surface area contributed by atoms with Crippen LogP contribution in [0.4, 0.5) is 5.69 Å². The van der Waals surface area contributed by atoms with Crippen molar-refractivity contribution in [3.05, 3.63) is 89.5 Å². The maximum absolute atomic E-state index is 13.9. The molecule has 0 unspecified atom stereocenters. The van der Waals surface area contributed by atoms with Crippen molar-refractivity contribution in [3.63, 3.8) is 0 Å². The van der Waals surface area contributed by atoms with Crippen molar-refractivity contribution in [2.24, 2.45) is 0 Å². The number of sulfonamides is 1. The van der Waals surface area contributed by atoms with E-state index >= 15 is 0 Å². The van der Waals surface area contributed by atoms with Crippen LogP contribution in [0.2, 0.25) is 0 Å². The SMILES string of the molecule is CCOc1ccccc1N(CC(=O)N(Cc1cccc(C)c1)[C@H](C)C(=O)NC)S(=O)(=O)c1ccc(C)cc1. The fraction of sp³-hybridized carbons (Fsp3) is 0.310. The number of ether oxygens (including phenoxy) is 1. The standard InChI is InChI=1S/C29H35N3O5S/c1-6-37-27-13-8-7-12-26(27)32(38(35,36)25-16-14-21(2)15-17-25)20-28(33)31(23(4)29(34)30-5)19-24-11-9-10-22(3)18-24/h7-18,23H,6,19-20H2,1-5H3,(H,30,34)/t23-/m1/s1. The van der Waals surface area contributed by atoms with Crippen molar-refractivity contribution in [2.45, 2.75) is 45.2 Å². The van der Waals surface area contributed by atoms with Gasteiger partial charge in [-0.05, 0) is 57.5 Å². The van der Waals surface area contributed by atoms with Crippen LogP contribution in [0.15, 0.2) is 77.7 Å². The van der Waals surface area contributed by atoms with Gasteiger partial charge < -0.3 is 15.0 Å². The normalized spacial score (nSPS) is 11.9. The van der Waals surface area contributed by atoms with Crippen LogP contribution in [-0.2, 0) is 26.2 Å². The highest BCUT2D eigenvalue weighted by molar-refractivity contribution is 7.92. The summed E-state index contributed by atoms with van der Waals surface area (Å²) in [4.78, 5) is 27.9. The van der Waals surface area contributed by atoms with Crippen molar-refractivity contribution < 1.29 is 22.7 Å². The predicted octanol–water partition coefficient (Wildman–Crippen LogP) is 4.06. The molecule has 0 spiro atoms. The monoisotopic (exact) mass is 537 g/mol. The fourth-order valence-electron chi connectivity index (χ4n) is 4.09. The molecule has 0 aliphatic rings. The number of carbonyl (C=O) groups excluding carboxylic acids is 2. The number of benzene rings is 3. The summed E-state index contributed by atoms with van der Waals surface area (Å²) in [6, 6.07) is 19.9. The molecule has 0 radical (unpaired) electrons. The van der Waals surface area contributed by atoms with Gasteiger partial charge in [-0.2, -0.15) is 0 Å². The van der Waals surface area contributed by atoms with Crippen LogP contribution in [0, 0.1) is 13.8 Å². The molecule has 0 saturated carbocycles. The molecule has 38 heavy (non-hydrogen) atoms. The molecule has 202 valence electrons. The lowest BCUT2D eigenvalue weighted by atomic mass is 10.1. The lowest BCUT2D eigenvalue weighted by molar-refractivity contribution is -0.139. The van der Waals surface area contributed by atoms with Crippen LogP contribution in [0.3, 0.4) is 0 Å². The topological polar surface area (TPSA) is 96.0 Å². The van der Waals surface area contributed by atoms with Gasteiger partial charge in [0.25, 0.3) is 10.0 Å². The quantitative estimate of drug-likeness (QED) is 0.398. The highest BCUT2D eigenvalue weighted by Gasteiger charge is 2.33. The van der Waals surface area contributed by atoms with E-state index in [2.05, 4.69) is 5.32 Å². The second-order valence-electron chi connectivity index (χ2n) is 9.03. The van der Waals surface area contributed by atoms with Crippen LogP contribution in [0.1, 0.15) is 30.5 Å². The second-order valence-corrected chi connectivity index (χ2v) is 10.9. The Labute approximate surface area is 225 Å². The first kappa shape index (κ1) is 28.7. The van der Waals surface area contributed by atoms with Gasteiger partial charge in [0.15, 0.2) is 0 Å². The van der Waals surface area contributed by atoms with Crippen molar-refractivity contribution in [1.29, 1.82) is 0 Å². The number of para-hydroxylation sites is 2. The molecule has 0 aliphatic heterocycles. The zero-order valence-electron chi connectivity index (χ0n) is 22.5. The summed E-state index contributed by atoms with van der Waals surface area (Å²) in [6.07, 6.45) is 0. The first-order chi connectivity index (χ1) is 18.1. The van der Waals surface area contributed by atoms with Gasteiger partial charge in [0, 0.05) is 13.6 Å². The zero-order chi connectivity index (χ0) is 27.9. The lowest BCUT2D eigenvalue weighted by Gasteiger charge is -2.32. The fourth-order valence-corrected chi connectivity index (χ4v) is 5.51. The molecule has 0 saturated heterocycles. The molecule has 0 bridgehead atoms. The Kier molecular flexibility index (Phi) is 9.52. The number of nitrogens with one attached hydrogen (secondary N) is 1. The molecule has 0 aliphatic carbocycles. The zero-order valence-corrected chi connectivity index (χ0v) is 23.3. The van der Waals surface area contributed by atoms with Gasteiger partial charge in [-0.25, -0.2) is 8.42 Å². The summed E-state index contributed by atoms with van der Waals surface area (Å²) in [6.45, 7) is 7.17. The van der Waals surface area contributed by atoms with Gasteiger partial charge >= 0.3 is 0 Å². The van der Waals surface area contributed by atoms with Gasteiger partial charge in [0.2, 0.25) is 11.8 Å². The molecule has 1 N–H and O–H groups in total. The van der Waals surface area contributed by atoms with Crippen molar-refractivity contribution >= 4 is 27.5 Å². The summed E-state index contributed by atoms with van der Waals surface area (Å²) in [5, 5.41) is 2.58. The number of hydrogen-bond donors (Lipinski definition) is 1. The molecule has 3 rings (SSSR count). The molecule has 0 heterocycles. The maximum Gasteiger partial charge on any atom is 0.264 e. The Balaban J connectivity index is 2.09. The van der Waals surface area contributed by atoms with Crippen LogP contribution < -0.4 is 14.4 Å². The summed E-state index contributed by atoms with van der Waals surface area (Å²) in [5.74, 6) is -0.540. The number of anilines is 1. The molecule has 1 atom stereocenters. The summed E-state index contributed by atoms with van der Waals surface area (Å²) < 4.78 is 34.7. The number of rotatable bonds is 11. The third-order valence-corrected chi connectivity index (χ3v) is 7.94. The van der Waals surface area contributed by atoms with E-state index in [-0.39, 0.29) is 23.0 Å². The Bertz CT molecular complexity index is 1370. The minimum Gasteiger partial charge on any atom is -0.492 e. The highest BCUT2D eigenvalue weighted by Crippen LogP contribution is 2.33. The van der Waals surface area contributed by atoms with Crippen molar-refractivity contribution in [2.75, 3.05) is 24.5 Å². The first-order valence-electron chi connectivity index (χ1n) is 12.5. The Hall–Kier alpha value is -3.85. The lowest BCUT2D eigenvalue weighted by Crippen LogP contribution is -2.50. The first-order valence-corrected chi connectivity index (χ1v) is 13.9. The average Bonchev–Trinajstić information content (AvgIpc) is 2.90. The van der Waals surface area contributed by atoms with Gasteiger partial charge in [0.1, 0.15) is 18.3 Å². The van der Waals surface area contributed by atoms with Crippen LogP contribution in [0.5, 0.6) is 5.75 Å². The highest BCUT2D eigenvalue weighted by atomic mass is 32.2. The molecular weight excluding hydrogens is 502 g/mol. The van der Waals surface area contributed by atoms with Crippen LogP contribution >= 0.6 is 0 Å². The Morgan fingerprint density at radius 3 is 2.26 bits per heavy atom. The molecule has 3 aromatic carbocycles. The van der Waals surface area contributed by atoms with Gasteiger partial charge in [-0.1, -0.05) is 59.7 Å². The number of hydrogen-bond acceptors (Lipinski definition) is 5. The van der Waals surface area contributed by atoms with Gasteiger partial charge in [-0.3, -0.25) is 13.9 Å². The van der Waals surface area contributed by atoms with Crippen molar-refractivity contribution in [1.82, 2.24) is 10.2 Å². The number of nitrogens with zero attached hydrogens (tertiary/aromatic N) is 2. The number of amides is 2. The van der Waals surface area contributed by atoms with Crippen molar-refractivity contribution in [3.8, 4) is 5.75 Å². The largest absolute Gasteiger partial charge is 0.492 e. The molecule has 9 heteroatoms. The van der Waals surface area contributed by atoms with E-state index in [1.807, 2.05) is 38.1 Å². The van der Waals surface area contributed by atoms with Crippen LogP contribution in [0.25, 0.3) is 0 Å². The number of aryl methyl sites for hydroxylation is 2. The van der Waals surface area contributed by atoms with E-state index in [1.165, 1.54) is 24.1 Å². The third kappa shape index (κ3) is 6.72. The molecule has 0 aromatic heterocycles. The van der Waals surface area contributed by atoms with E-state index in [1.54, 1.807) is 50.2 Å². The second kappa shape index (κ2) is 12.6. The molecular formula is C29H35N3O5S. The Morgan fingerprint density at radius 2 is 1.63 bits per heavy atom. The summed E-state index contributed by atoms with van der Waals surface area (Å²) in [7, 11) is -2.67. The Morgan fingerprint density at radius 1 is 0.947 bits per heavy atom. The molecule has 0 fully saturated rings. The average molecular weight is 538 g/mol. The van der Waals surface area contributed by atoms with Gasteiger partial charge in [-0.15, -0.1) is 0 Å². The van der Waals surface area contributed by atoms with Gasteiger partial charge in [0.05, 0.1) is 17.2 Å². The maximum atomic E-state index is 13.9. The van der Waals surface area contributed by atoms with E-state index < -0.39 is 28.5 Å². The predicted molar refractivity (Wildman–Crippen MR) is 149 cm³/mol. The summed E-state index contributed by atoms with van der Waals surface area (Å²) >= 11 is 0. The molecule has 2 amide bonds. The molecule has 3 aromatic rings. The summed E-state index contributed by atoms with van der Waals surface area (Å²) in [5.41, 5.74) is 2.99. The van der Waals surface area contributed by atoms with E-state index in [4.69, 9.17) is 4.74 Å². The smallest absolute Gasteiger partial charge is 0.264 e. The van der Waals surface area contributed by atoms with E-state index in [0.717, 1.165) is 21.0 Å². The molecule has 8 nitrogen and oxygen atoms in total. The number of likely N-dealkylation sites (N-methyl/N-ethyl adjacent to an activating group) is 1. The number of carbonyl (C=O) groups is 2. The third-order valence-electron chi connectivity index (χ3n) is 6.17. The minimum absolute atomic E-state index is 0.0479. The van der Waals surface area contributed by atoms with Crippen LogP contribution in [-0.4, -0.2) is 51.4 Å².